The van der Waals surface area contributed by atoms with Crippen molar-refractivity contribution in [2.75, 3.05) is 25.5 Å². The number of carbonyl (C=O) groups excluding carboxylic acids is 2. The normalized spacial score (nSPS) is 26.0. The molecule has 1 aromatic heterocycles. The Morgan fingerprint density at radius 1 is 0.977 bits per heavy atom. The van der Waals surface area contributed by atoms with E-state index in [0.29, 0.717) is 6.54 Å². The Labute approximate surface area is 254 Å². The maximum atomic E-state index is 14.1. The molecule has 4 unspecified atom stereocenters. The van der Waals surface area contributed by atoms with Gasteiger partial charge in [0.15, 0.2) is 5.69 Å². The number of rotatable bonds is 5. The van der Waals surface area contributed by atoms with Crippen LogP contribution in [0.25, 0.3) is 0 Å². The Balaban J connectivity index is 1.42. The zero-order valence-corrected chi connectivity index (χ0v) is 25.0. The molecule has 9 nitrogen and oxygen atoms in total. The molecule has 1 aliphatic carbocycles. The van der Waals surface area contributed by atoms with Crippen molar-refractivity contribution >= 4 is 23.8 Å². The number of carbonyl (C=O) groups is 2. The zero-order valence-electron chi connectivity index (χ0n) is 24.1. The highest BCUT2D eigenvalue weighted by atomic mass is 32.2. The van der Waals surface area contributed by atoms with Crippen LogP contribution in [0.1, 0.15) is 72.6 Å². The minimum atomic E-state index is -0.931. The Bertz CT molecular complexity index is 1590. The van der Waals surface area contributed by atoms with Crippen LogP contribution in [-0.2, 0) is 14.2 Å². The molecule has 0 radical (unpaired) electrons. The third kappa shape index (κ3) is 4.58. The number of benzene rings is 2. The molecule has 0 bridgehead atoms. The van der Waals surface area contributed by atoms with Crippen molar-refractivity contribution < 1.29 is 23.8 Å². The summed E-state index contributed by atoms with van der Waals surface area (Å²) < 4.78 is 16.9. The zero-order chi connectivity index (χ0) is 29.6. The topological polar surface area (TPSA) is 90.3 Å². The minimum Gasteiger partial charge on any atom is -0.451 e. The van der Waals surface area contributed by atoms with Crippen LogP contribution in [0.15, 0.2) is 76.6 Å². The van der Waals surface area contributed by atoms with E-state index in [-0.39, 0.29) is 40.2 Å². The van der Waals surface area contributed by atoms with Crippen molar-refractivity contribution in [3.8, 4) is 5.75 Å². The van der Waals surface area contributed by atoms with Crippen LogP contribution < -0.4 is 15.2 Å². The fraction of sp³-hybridized carbons (Fsp3) is 0.424. The summed E-state index contributed by atoms with van der Waals surface area (Å²) in [6, 6.07) is 20.9. The van der Waals surface area contributed by atoms with Crippen molar-refractivity contribution in [3.05, 3.63) is 93.9 Å². The molecule has 43 heavy (non-hydrogen) atoms. The van der Waals surface area contributed by atoms with Crippen LogP contribution >= 0.6 is 11.8 Å². The summed E-state index contributed by atoms with van der Waals surface area (Å²) in [5.41, 5.74) is 2.30. The van der Waals surface area contributed by atoms with Gasteiger partial charge in [-0.05, 0) is 49.3 Å². The quantitative estimate of drug-likeness (QED) is 0.268. The third-order valence-corrected chi connectivity index (χ3v) is 11.1. The molecule has 4 atom stereocenters. The Morgan fingerprint density at radius 2 is 1.77 bits per heavy atom. The summed E-state index contributed by atoms with van der Waals surface area (Å²) in [7, 11) is 1.19. The van der Waals surface area contributed by atoms with Crippen molar-refractivity contribution in [1.82, 2.24) is 9.58 Å². The monoisotopic (exact) mass is 601 g/mol. The molecular formula is C33H35N3O6S. The van der Waals surface area contributed by atoms with E-state index < -0.39 is 18.4 Å². The first kappa shape index (κ1) is 27.9. The molecule has 1 amide bonds. The van der Waals surface area contributed by atoms with Gasteiger partial charge in [0.05, 0.1) is 17.9 Å². The molecule has 1 saturated carbocycles. The molecule has 2 fully saturated rings. The number of ether oxygens (including phenoxy) is 3. The summed E-state index contributed by atoms with van der Waals surface area (Å²) in [5.74, 6) is -0.121. The SMILES string of the molecule is COC(=O)OCOc1c2n(ccc1=O)N(C1c3ccccc3SC3(c4ccccc4)CCCCC13)C1CCCCN1C2=O. The maximum Gasteiger partial charge on any atom is 0.510 e. The van der Waals surface area contributed by atoms with E-state index in [4.69, 9.17) is 9.47 Å². The lowest BCUT2D eigenvalue weighted by molar-refractivity contribution is 0.0120. The largest absolute Gasteiger partial charge is 0.510 e. The highest BCUT2D eigenvalue weighted by Gasteiger charge is 2.55. The summed E-state index contributed by atoms with van der Waals surface area (Å²) in [5, 5.41) is 2.36. The van der Waals surface area contributed by atoms with Crippen LogP contribution in [0, 0.1) is 5.92 Å². The first-order valence-corrected chi connectivity index (χ1v) is 15.9. The standard InChI is InChI=1S/C33H35N3O6S/c1-40-32(39)42-21-41-30-25(37)17-20-35-29(30)31(38)34-19-10-8-16-27(34)36(35)28-23-13-5-6-15-26(23)43-33(18-9-7-14-24(28)33)22-11-3-2-4-12-22/h2-6,11-13,15,17,20,24,27-28H,7-10,14,16,18-19,21H2,1H3. The van der Waals surface area contributed by atoms with Gasteiger partial charge in [0.25, 0.3) is 5.91 Å². The summed E-state index contributed by atoms with van der Waals surface area (Å²) in [4.78, 5) is 42.1. The maximum absolute atomic E-state index is 14.1. The van der Waals surface area contributed by atoms with Gasteiger partial charge in [-0.1, -0.05) is 61.4 Å². The second kappa shape index (κ2) is 11.3. The molecule has 2 aromatic carbocycles. The molecule has 0 N–H and O–H groups in total. The van der Waals surface area contributed by atoms with E-state index >= 15 is 0 Å². The van der Waals surface area contributed by atoms with Crippen molar-refractivity contribution in [1.29, 1.82) is 0 Å². The predicted octanol–water partition coefficient (Wildman–Crippen LogP) is 5.80. The molecule has 7 rings (SSSR count). The van der Waals surface area contributed by atoms with E-state index in [2.05, 4.69) is 64.3 Å². The fourth-order valence-corrected chi connectivity index (χ4v) is 9.41. The number of hydrogen-bond donors (Lipinski definition) is 0. The lowest BCUT2D eigenvalue weighted by Crippen LogP contribution is -2.65. The van der Waals surface area contributed by atoms with Gasteiger partial charge in [-0.3, -0.25) is 19.3 Å². The first-order valence-electron chi connectivity index (χ1n) is 15.1. The van der Waals surface area contributed by atoms with Crippen molar-refractivity contribution in [2.45, 2.75) is 66.8 Å². The van der Waals surface area contributed by atoms with Gasteiger partial charge < -0.3 is 19.1 Å². The van der Waals surface area contributed by atoms with Gasteiger partial charge in [0.2, 0.25) is 18.0 Å². The average molecular weight is 602 g/mol. The number of nitrogens with zero attached hydrogens (tertiary/aromatic N) is 3. The number of pyridine rings is 1. The molecule has 224 valence electrons. The Kier molecular flexibility index (Phi) is 7.33. The lowest BCUT2D eigenvalue weighted by atomic mass is 9.69. The van der Waals surface area contributed by atoms with E-state index in [1.165, 1.54) is 29.2 Å². The third-order valence-electron chi connectivity index (χ3n) is 9.44. The number of amides is 1. The van der Waals surface area contributed by atoms with Gasteiger partial charge in [-0.15, -0.1) is 11.8 Å². The number of hydrogen-bond acceptors (Lipinski definition) is 8. The lowest BCUT2D eigenvalue weighted by Gasteiger charge is -2.58. The molecule has 3 aliphatic heterocycles. The number of piperidine rings is 1. The van der Waals surface area contributed by atoms with Gasteiger partial charge in [-0.25, -0.2) is 4.79 Å². The molecule has 1 saturated heterocycles. The van der Waals surface area contributed by atoms with Crippen LogP contribution in [0.2, 0.25) is 0 Å². The van der Waals surface area contributed by atoms with Crippen LogP contribution in [-0.4, -0.2) is 48.3 Å². The van der Waals surface area contributed by atoms with E-state index in [0.717, 1.165) is 44.9 Å². The van der Waals surface area contributed by atoms with Gasteiger partial charge in [-0.2, -0.15) is 0 Å². The summed E-state index contributed by atoms with van der Waals surface area (Å²) in [6.07, 6.45) is 7.74. The van der Waals surface area contributed by atoms with Crippen molar-refractivity contribution in [3.63, 3.8) is 0 Å². The first-order chi connectivity index (χ1) is 21.0. The van der Waals surface area contributed by atoms with Crippen LogP contribution in [0.5, 0.6) is 5.75 Å². The van der Waals surface area contributed by atoms with Gasteiger partial charge in [0, 0.05) is 29.6 Å². The second-order valence-corrected chi connectivity index (χ2v) is 13.0. The molecule has 0 spiro atoms. The fourth-order valence-electron chi connectivity index (χ4n) is 7.66. The number of fused-ring (bicyclic) bond motifs is 4. The predicted molar refractivity (Wildman–Crippen MR) is 162 cm³/mol. The van der Waals surface area contributed by atoms with E-state index in [9.17, 15) is 14.4 Å². The molecule has 4 aliphatic rings. The van der Waals surface area contributed by atoms with Gasteiger partial charge >= 0.3 is 6.16 Å². The molecule has 4 heterocycles. The smallest absolute Gasteiger partial charge is 0.451 e. The highest BCUT2D eigenvalue weighted by Crippen LogP contribution is 2.63. The molecule has 3 aromatic rings. The molecular weight excluding hydrogens is 566 g/mol. The highest BCUT2D eigenvalue weighted by molar-refractivity contribution is 8.00. The van der Waals surface area contributed by atoms with Gasteiger partial charge in [0.1, 0.15) is 6.17 Å². The Morgan fingerprint density at radius 3 is 2.60 bits per heavy atom. The number of aromatic nitrogens is 1. The summed E-state index contributed by atoms with van der Waals surface area (Å²) in [6.45, 7) is 0.0527. The second-order valence-electron chi connectivity index (χ2n) is 11.6. The number of methoxy groups -OCH3 is 1. The number of thioether (sulfide) groups is 1. The van der Waals surface area contributed by atoms with E-state index in [1.807, 2.05) is 21.3 Å². The van der Waals surface area contributed by atoms with E-state index in [1.54, 1.807) is 6.20 Å². The van der Waals surface area contributed by atoms with Crippen LogP contribution in [0.3, 0.4) is 0 Å². The average Bonchev–Trinajstić information content (AvgIpc) is 3.05. The van der Waals surface area contributed by atoms with Crippen LogP contribution in [0.4, 0.5) is 4.79 Å². The summed E-state index contributed by atoms with van der Waals surface area (Å²) >= 11 is 1.99. The Hall–Kier alpha value is -3.92. The molecule has 10 heteroatoms. The van der Waals surface area contributed by atoms with Crippen molar-refractivity contribution in [2.24, 2.45) is 5.92 Å². The minimum absolute atomic E-state index is 0.0583.